The van der Waals surface area contributed by atoms with Crippen LogP contribution in [0, 0.1) is 0 Å². The first-order chi connectivity index (χ1) is 13.1. The van der Waals surface area contributed by atoms with Crippen molar-refractivity contribution in [2.45, 2.75) is 90.6 Å². The summed E-state index contributed by atoms with van der Waals surface area (Å²) in [5, 5.41) is 64.4. The first-order valence-corrected chi connectivity index (χ1v) is 9.46. The largest absolute Gasteiger partial charge is 0.481 e. The molecule has 0 atom stereocenters. The smallest absolute Gasteiger partial charge is 0.303 e. The fourth-order valence-electron chi connectivity index (χ4n) is 1.39. The lowest BCUT2D eigenvalue weighted by Crippen LogP contribution is -2.02. The molecule has 0 saturated carbocycles. The summed E-state index contributed by atoms with van der Waals surface area (Å²) >= 11 is 0. The maximum Gasteiger partial charge on any atom is 0.303 e. The lowest BCUT2D eigenvalue weighted by Gasteiger charge is -1.99. The number of aliphatic hydroxyl groups is 6. The van der Waals surface area contributed by atoms with Crippen LogP contribution in [0.2, 0.25) is 0 Å². The molecular weight excluding hydrogens is 376 g/mol. The average Bonchev–Trinajstić information content (AvgIpc) is 2.59. The van der Waals surface area contributed by atoms with Crippen LogP contribution < -0.4 is 0 Å². The molecule has 0 aliphatic carbocycles. The van der Waals surface area contributed by atoms with Crippen molar-refractivity contribution < 1.29 is 50.4 Å². The molecule has 8 N–H and O–H groups in total. The molecule has 0 rings (SSSR count). The molecule has 28 heavy (non-hydrogen) atoms. The fraction of sp³-hybridized carbons (Fsp3) is 0.889. The van der Waals surface area contributed by atoms with Gasteiger partial charge in [0.25, 0.3) is 0 Å². The van der Waals surface area contributed by atoms with Gasteiger partial charge in [-0.1, -0.05) is 33.1 Å². The lowest BCUT2D eigenvalue weighted by molar-refractivity contribution is -0.139. The van der Waals surface area contributed by atoms with Gasteiger partial charge in [0, 0.05) is 12.8 Å². The number of rotatable bonds is 12. The maximum atomic E-state index is 9.90. The zero-order valence-corrected chi connectivity index (χ0v) is 17.0. The first-order valence-electron chi connectivity index (χ1n) is 9.46. The van der Waals surface area contributed by atoms with Crippen molar-refractivity contribution in [2.75, 3.05) is 13.2 Å². The summed E-state index contributed by atoms with van der Waals surface area (Å²) in [6.45, 7) is 3.74. The highest BCUT2D eigenvalue weighted by molar-refractivity contribution is 5.67. The van der Waals surface area contributed by atoms with E-state index in [1.165, 1.54) is 0 Å². The number of carboxylic acid groups (broad SMARTS) is 2. The van der Waals surface area contributed by atoms with Gasteiger partial charge in [-0.2, -0.15) is 0 Å². The van der Waals surface area contributed by atoms with Gasteiger partial charge in [-0.25, -0.2) is 0 Å². The normalized spacial score (nSPS) is 9.50. The lowest BCUT2D eigenvalue weighted by atomic mass is 10.2. The molecule has 0 aromatic carbocycles. The van der Waals surface area contributed by atoms with Gasteiger partial charge in [0.05, 0.1) is 13.2 Å². The van der Waals surface area contributed by atoms with Crippen LogP contribution in [0.3, 0.4) is 0 Å². The maximum absolute atomic E-state index is 9.90. The zero-order valence-electron chi connectivity index (χ0n) is 17.0. The Hall–Kier alpha value is -1.30. The van der Waals surface area contributed by atoms with Crippen LogP contribution in [0.4, 0.5) is 0 Å². The Morgan fingerprint density at radius 3 is 1.21 bits per heavy atom. The SMILES string of the molecule is CCCC(O)O.CCCCCC(O)O.O=C(O)CCCCC(=O)O.OCCO. The predicted molar refractivity (Wildman–Crippen MR) is 103 cm³/mol. The molecule has 0 fully saturated rings. The van der Waals surface area contributed by atoms with E-state index in [1.807, 2.05) is 6.92 Å². The first kappa shape index (κ1) is 34.2. The van der Waals surface area contributed by atoms with E-state index in [0.29, 0.717) is 25.7 Å². The average molecular weight is 417 g/mol. The number of aliphatic hydroxyl groups excluding tert-OH is 4. The van der Waals surface area contributed by atoms with Gasteiger partial charge in [-0.3, -0.25) is 9.59 Å². The Morgan fingerprint density at radius 2 is 1.04 bits per heavy atom. The second kappa shape index (κ2) is 30.4. The Morgan fingerprint density at radius 1 is 0.643 bits per heavy atom. The molecule has 0 radical (unpaired) electrons. The minimum absolute atomic E-state index is 0.0628. The second-order valence-corrected chi connectivity index (χ2v) is 5.69. The predicted octanol–water partition coefficient (Wildman–Crippen LogP) is 0.662. The van der Waals surface area contributed by atoms with Crippen LogP contribution in [0.25, 0.3) is 0 Å². The van der Waals surface area contributed by atoms with Crippen LogP contribution in [-0.2, 0) is 9.59 Å². The summed E-state index contributed by atoms with van der Waals surface area (Å²) in [5.41, 5.74) is 0. The van der Waals surface area contributed by atoms with Gasteiger partial charge in [-0.15, -0.1) is 0 Å². The molecule has 0 aliphatic rings. The highest BCUT2D eigenvalue weighted by Gasteiger charge is 1.99. The van der Waals surface area contributed by atoms with E-state index >= 15 is 0 Å². The summed E-state index contributed by atoms with van der Waals surface area (Å²) < 4.78 is 0. The molecule has 0 aliphatic heterocycles. The molecule has 0 aromatic heterocycles. The van der Waals surface area contributed by atoms with Crippen molar-refractivity contribution in [3.63, 3.8) is 0 Å². The van der Waals surface area contributed by atoms with Gasteiger partial charge in [0.15, 0.2) is 12.6 Å². The highest BCUT2D eigenvalue weighted by atomic mass is 16.5. The van der Waals surface area contributed by atoms with Crippen molar-refractivity contribution in [2.24, 2.45) is 0 Å². The fourth-order valence-corrected chi connectivity index (χ4v) is 1.39. The van der Waals surface area contributed by atoms with Crippen molar-refractivity contribution in [3.05, 3.63) is 0 Å². The summed E-state index contributed by atoms with van der Waals surface area (Å²) in [7, 11) is 0. The number of hydrogen-bond acceptors (Lipinski definition) is 8. The minimum Gasteiger partial charge on any atom is -0.481 e. The Kier molecular flexibility index (Phi) is 37.2. The molecule has 0 unspecified atom stereocenters. The van der Waals surface area contributed by atoms with E-state index in [9.17, 15) is 9.59 Å². The highest BCUT2D eigenvalue weighted by Crippen LogP contribution is 2.00. The summed E-state index contributed by atoms with van der Waals surface area (Å²) in [4.78, 5) is 19.8. The summed E-state index contributed by atoms with van der Waals surface area (Å²) in [6.07, 6.45) is 3.81. The molecule has 10 nitrogen and oxygen atoms in total. The van der Waals surface area contributed by atoms with Gasteiger partial charge < -0.3 is 40.9 Å². The monoisotopic (exact) mass is 416 g/mol. The zero-order chi connectivity index (χ0) is 22.8. The topological polar surface area (TPSA) is 196 Å². The van der Waals surface area contributed by atoms with E-state index in [1.54, 1.807) is 0 Å². The summed E-state index contributed by atoms with van der Waals surface area (Å²) in [6, 6.07) is 0. The third-order valence-electron chi connectivity index (χ3n) is 2.74. The van der Waals surface area contributed by atoms with Crippen LogP contribution >= 0.6 is 0 Å². The molecule has 0 saturated heterocycles. The van der Waals surface area contributed by atoms with E-state index in [-0.39, 0.29) is 26.1 Å². The van der Waals surface area contributed by atoms with Crippen molar-refractivity contribution in [1.82, 2.24) is 0 Å². The molecule has 0 amide bonds. The van der Waals surface area contributed by atoms with Crippen LogP contribution in [0.15, 0.2) is 0 Å². The van der Waals surface area contributed by atoms with Crippen molar-refractivity contribution in [1.29, 1.82) is 0 Å². The van der Waals surface area contributed by atoms with Crippen molar-refractivity contribution >= 4 is 11.9 Å². The number of hydrogen-bond donors (Lipinski definition) is 8. The van der Waals surface area contributed by atoms with Gasteiger partial charge in [0.2, 0.25) is 0 Å². The molecule has 0 aromatic rings. The summed E-state index contributed by atoms with van der Waals surface area (Å²) in [5.74, 6) is -1.74. The third-order valence-corrected chi connectivity index (χ3v) is 2.74. The van der Waals surface area contributed by atoms with E-state index < -0.39 is 24.5 Å². The molecule has 10 heteroatoms. The molecule has 0 spiro atoms. The number of aliphatic carboxylic acids is 2. The number of carbonyl (C=O) groups is 2. The Balaban J connectivity index is -0.000000144. The van der Waals surface area contributed by atoms with E-state index in [0.717, 1.165) is 25.7 Å². The number of unbranched alkanes of at least 4 members (excludes halogenated alkanes) is 3. The van der Waals surface area contributed by atoms with E-state index in [2.05, 4.69) is 6.92 Å². The van der Waals surface area contributed by atoms with Crippen LogP contribution in [0.1, 0.15) is 78.1 Å². The third kappa shape index (κ3) is 64.2. The molecule has 0 heterocycles. The minimum atomic E-state index is -1.10. The molecule has 0 bridgehead atoms. The number of carboxylic acids is 2. The van der Waals surface area contributed by atoms with Crippen molar-refractivity contribution in [3.8, 4) is 0 Å². The standard InChI is InChI=1S/C6H10O4.C6H14O2.C4H10O2.C2H6O2/c7-5(8)3-1-2-4-6(9)10;1-2-3-4-5-6(7)8;1-2-3-4(5)6;3-1-2-4/h1-4H2,(H,7,8)(H,9,10);6-8H,2-5H2,1H3;4-6H,2-3H2,1H3;3-4H,1-2H2. The molecule has 172 valence electrons. The van der Waals surface area contributed by atoms with Gasteiger partial charge >= 0.3 is 11.9 Å². The van der Waals surface area contributed by atoms with Gasteiger partial charge in [0.1, 0.15) is 0 Å². The Labute approximate surface area is 167 Å². The molecular formula is C18H40O10. The second-order valence-electron chi connectivity index (χ2n) is 5.69. The van der Waals surface area contributed by atoms with E-state index in [4.69, 9.17) is 40.9 Å². The van der Waals surface area contributed by atoms with Crippen LogP contribution in [-0.4, -0.2) is 78.6 Å². The quantitative estimate of drug-likeness (QED) is 0.165. The Bertz CT molecular complexity index is 291. The van der Waals surface area contributed by atoms with Crippen LogP contribution in [0.5, 0.6) is 0 Å². The van der Waals surface area contributed by atoms with Gasteiger partial charge in [-0.05, 0) is 32.1 Å².